The largest absolute Gasteiger partial charge is 0.385 e. The van der Waals surface area contributed by atoms with Crippen LogP contribution < -0.4 is 0 Å². The van der Waals surface area contributed by atoms with Crippen LogP contribution in [0.4, 0.5) is 0 Å². The Morgan fingerprint density at radius 3 is 2.34 bits per heavy atom. The van der Waals surface area contributed by atoms with Gasteiger partial charge in [0.25, 0.3) is 0 Å². The van der Waals surface area contributed by atoms with E-state index in [0.717, 1.165) is 70.5 Å². The number of fused-ring (bicyclic) bond motifs is 1. The fourth-order valence-electron chi connectivity index (χ4n) is 5.85. The van der Waals surface area contributed by atoms with Gasteiger partial charge in [0, 0.05) is 37.7 Å². The van der Waals surface area contributed by atoms with E-state index in [0.29, 0.717) is 10.9 Å². The van der Waals surface area contributed by atoms with Gasteiger partial charge in [0.1, 0.15) is 0 Å². The molecule has 3 nitrogen and oxygen atoms in total. The Morgan fingerprint density at radius 1 is 0.829 bits per heavy atom. The number of benzene rings is 3. The number of aliphatic hydroxyl groups is 1. The van der Waals surface area contributed by atoms with E-state index in [1.165, 1.54) is 22.8 Å². The van der Waals surface area contributed by atoms with Gasteiger partial charge >= 0.3 is 0 Å². The minimum absolute atomic E-state index is 0. The quantitative estimate of drug-likeness (QED) is 0.371. The van der Waals surface area contributed by atoms with Crippen LogP contribution in [0.2, 0.25) is 5.02 Å². The molecule has 0 spiro atoms. The topological polar surface area (TPSA) is 26.7 Å². The van der Waals surface area contributed by atoms with Crippen LogP contribution >= 0.6 is 36.4 Å². The van der Waals surface area contributed by atoms with Crippen LogP contribution in [0.25, 0.3) is 10.8 Å². The van der Waals surface area contributed by atoms with Crippen LogP contribution in [0.1, 0.15) is 43.2 Å². The van der Waals surface area contributed by atoms with Crippen LogP contribution in [0.3, 0.4) is 0 Å². The van der Waals surface area contributed by atoms with Crippen LogP contribution in [-0.2, 0) is 12.1 Å². The molecule has 35 heavy (non-hydrogen) atoms. The Hall–Kier alpha value is -1.33. The van der Waals surface area contributed by atoms with Gasteiger partial charge < -0.3 is 10.0 Å². The lowest BCUT2D eigenvalue weighted by molar-refractivity contribution is -0.0610. The van der Waals surface area contributed by atoms with Crippen molar-refractivity contribution in [2.24, 2.45) is 5.92 Å². The summed E-state index contributed by atoms with van der Waals surface area (Å²) in [4.78, 5) is 5.16. The third kappa shape index (κ3) is 6.71. The van der Waals surface area contributed by atoms with Gasteiger partial charge in [0.15, 0.2) is 0 Å². The first-order valence-electron chi connectivity index (χ1n) is 12.5. The number of hydrogen-bond donors (Lipinski definition) is 1. The predicted octanol–water partition coefficient (Wildman–Crippen LogP) is 6.92. The average Bonchev–Trinajstić information content (AvgIpc) is 2.84. The summed E-state index contributed by atoms with van der Waals surface area (Å²) in [6, 6.07) is 23.3. The van der Waals surface area contributed by atoms with Crippen molar-refractivity contribution in [1.29, 1.82) is 0 Å². The first-order valence-corrected chi connectivity index (χ1v) is 12.9. The molecule has 2 atom stereocenters. The van der Waals surface area contributed by atoms with E-state index < -0.39 is 5.60 Å². The average molecular weight is 536 g/mol. The number of rotatable bonds is 6. The lowest BCUT2D eigenvalue weighted by Gasteiger charge is -2.42. The number of nitrogens with zero attached hydrogens (tertiary/aromatic N) is 2. The van der Waals surface area contributed by atoms with E-state index in [4.69, 9.17) is 11.6 Å². The standard InChI is InChI=1S/C29H35ClN2O.2ClH/c30-28-10-5-9-27(21-28)29(33)14-4-3-8-26(29)13-15-31-16-18-32(19-17-31)22-23-11-12-24-6-1-2-7-25(24)20-23;;/h1-2,5-7,9-12,20-21,26,33H,3-4,8,13-19,22H2;2*1H. The SMILES string of the molecule is Cl.Cl.OC1(c2cccc(Cl)c2)CCCCC1CCN1CCN(Cc2ccc3ccccc3c2)CC1. The molecule has 1 saturated heterocycles. The maximum absolute atomic E-state index is 11.7. The zero-order valence-electron chi connectivity index (χ0n) is 20.2. The van der Waals surface area contributed by atoms with E-state index in [2.05, 4.69) is 58.3 Å². The first kappa shape index (κ1) is 28.2. The molecule has 1 heterocycles. The molecule has 5 rings (SSSR count). The van der Waals surface area contributed by atoms with Crippen LogP contribution in [0, 0.1) is 5.92 Å². The van der Waals surface area contributed by atoms with E-state index in [-0.39, 0.29) is 24.8 Å². The predicted molar refractivity (Wildman–Crippen MR) is 152 cm³/mol. The highest BCUT2D eigenvalue weighted by atomic mass is 35.5. The molecule has 1 saturated carbocycles. The summed E-state index contributed by atoms with van der Waals surface area (Å²) in [6.45, 7) is 6.52. The minimum Gasteiger partial charge on any atom is -0.385 e. The second-order valence-corrected chi connectivity index (χ2v) is 10.4. The Kier molecular flexibility index (Phi) is 10.3. The van der Waals surface area contributed by atoms with Crippen LogP contribution in [0.15, 0.2) is 66.7 Å². The summed E-state index contributed by atoms with van der Waals surface area (Å²) in [5.74, 6) is 0.306. The molecule has 0 aromatic heterocycles. The van der Waals surface area contributed by atoms with Gasteiger partial charge in [-0.2, -0.15) is 0 Å². The molecule has 3 aromatic carbocycles. The van der Waals surface area contributed by atoms with Crippen molar-refractivity contribution in [3.8, 4) is 0 Å². The smallest absolute Gasteiger partial charge is 0.0925 e. The van der Waals surface area contributed by atoms with Crippen LogP contribution in [0.5, 0.6) is 0 Å². The molecule has 1 aliphatic carbocycles. The zero-order chi connectivity index (χ0) is 22.7. The number of hydrogen-bond acceptors (Lipinski definition) is 3. The van der Waals surface area contributed by atoms with Crippen molar-refractivity contribution >= 4 is 47.2 Å². The van der Waals surface area contributed by atoms with Crippen molar-refractivity contribution in [3.63, 3.8) is 0 Å². The highest BCUT2D eigenvalue weighted by molar-refractivity contribution is 6.30. The maximum atomic E-state index is 11.7. The highest BCUT2D eigenvalue weighted by Gasteiger charge is 2.40. The molecular weight excluding hydrogens is 499 g/mol. The fraction of sp³-hybridized carbons (Fsp3) is 0.448. The summed E-state index contributed by atoms with van der Waals surface area (Å²) in [5, 5.41) is 15.0. The van der Waals surface area contributed by atoms with Crippen LogP contribution in [-0.4, -0.2) is 47.6 Å². The molecule has 1 N–H and O–H groups in total. The lowest BCUT2D eigenvalue weighted by Crippen LogP contribution is -2.47. The lowest BCUT2D eigenvalue weighted by atomic mass is 9.70. The Balaban J connectivity index is 0.00000171. The van der Waals surface area contributed by atoms with Gasteiger partial charge in [-0.15, -0.1) is 24.8 Å². The summed E-state index contributed by atoms with van der Waals surface area (Å²) in [6.07, 6.45) is 5.30. The fourth-order valence-corrected chi connectivity index (χ4v) is 6.04. The second kappa shape index (κ2) is 12.8. The summed E-state index contributed by atoms with van der Waals surface area (Å²) in [7, 11) is 0. The van der Waals surface area contributed by atoms with Gasteiger partial charge in [-0.05, 0) is 71.8 Å². The van der Waals surface area contributed by atoms with Gasteiger partial charge in [-0.3, -0.25) is 4.90 Å². The molecule has 0 amide bonds. The van der Waals surface area contributed by atoms with Gasteiger partial charge in [0.05, 0.1) is 5.60 Å². The molecule has 190 valence electrons. The molecular formula is C29H37Cl3N2O. The molecule has 0 bridgehead atoms. The first-order chi connectivity index (χ1) is 16.1. The van der Waals surface area contributed by atoms with E-state index in [1.807, 2.05) is 18.2 Å². The summed E-state index contributed by atoms with van der Waals surface area (Å²) >= 11 is 6.25. The van der Waals surface area contributed by atoms with Crippen molar-refractivity contribution in [3.05, 3.63) is 82.9 Å². The van der Waals surface area contributed by atoms with E-state index in [1.54, 1.807) is 0 Å². The Bertz CT molecular complexity index is 1090. The number of piperazine rings is 1. The third-order valence-corrected chi connectivity index (χ3v) is 8.07. The van der Waals surface area contributed by atoms with Crippen molar-refractivity contribution in [1.82, 2.24) is 9.80 Å². The molecule has 2 unspecified atom stereocenters. The maximum Gasteiger partial charge on any atom is 0.0925 e. The van der Waals surface area contributed by atoms with Crippen molar-refractivity contribution in [2.75, 3.05) is 32.7 Å². The van der Waals surface area contributed by atoms with E-state index >= 15 is 0 Å². The Labute approximate surface area is 227 Å². The zero-order valence-corrected chi connectivity index (χ0v) is 22.6. The summed E-state index contributed by atoms with van der Waals surface area (Å²) in [5.41, 5.74) is 1.66. The van der Waals surface area contributed by atoms with Gasteiger partial charge in [-0.1, -0.05) is 73.0 Å². The van der Waals surface area contributed by atoms with Crippen molar-refractivity contribution < 1.29 is 5.11 Å². The monoisotopic (exact) mass is 534 g/mol. The molecule has 0 radical (unpaired) electrons. The number of halogens is 3. The second-order valence-electron chi connectivity index (χ2n) is 9.97. The minimum atomic E-state index is -0.735. The summed E-state index contributed by atoms with van der Waals surface area (Å²) < 4.78 is 0. The molecule has 3 aromatic rings. The van der Waals surface area contributed by atoms with Gasteiger partial charge in [0.2, 0.25) is 0 Å². The highest BCUT2D eigenvalue weighted by Crippen LogP contribution is 2.44. The molecule has 2 fully saturated rings. The molecule has 6 heteroatoms. The molecule has 1 aliphatic heterocycles. The normalized spacial score (nSPS) is 23.4. The van der Waals surface area contributed by atoms with Gasteiger partial charge in [-0.25, -0.2) is 0 Å². The Morgan fingerprint density at radius 2 is 1.57 bits per heavy atom. The van der Waals surface area contributed by atoms with E-state index in [9.17, 15) is 5.11 Å². The third-order valence-electron chi connectivity index (χ3n) is 7.84. The molecule has 2 aliphatic rings. The van der Waals surface area contributed by atoms with Crippen molar-refractivity contribution in [2.45, 2.75) is 44.2 Å².